The first-order valence-electron chi connectivity index (χ1n) is 8.70. The van der Waals surface area contributed by atoms with E-state index in [0.29, 0.717) is 0 Å². The number of carbonyl (C=O) groups excluding carboxylic acids is 1. The third kappa shape index (κ3) is 5.39. The molecule has 10 nitrogen and oxygen atoms in total. The number of aliphatic hydroxyl groups is 2. The van der Waals surface area contributed by atoms with Crippen molar-refractivity contribution in [2.75, 3.05) is 6.61 Å². The quantitative estimate of drug-likeness (QED) is 0.264. The Morgan fingerprint density at radius 1 is 1.48 bits per heavy atom. The van der Waals surface area contributed by atoms with Gasteiger partial charge in [0.1, 0.15) is 17.7 Å². The number of nitrogens with zero attached hydrogens (tertiary/aromatic N) is 4. The van der Waals surface area contributed by atoms with Crippen molar-refractivity contribution in [2.45, 2.75) is 50.8 Å². The van der Waals surface area contributed by atoms with Crippen LogP contribution in [0.15, 0.2) is 27.0 Å². The molecule has 0 spiro atoms. The molecule has 0 amide bonds. The van der Waals surface area contributed by atoms with E-state index in [0.717, 1.165) is 4.57 Å². The van der Waals surface area contributed by atoms with Crippen LogP contribution in [0.25, 0.3) is 0 Å². The second-order valence-corrected chi connectivity index (χ2v) is 8.04. The summed E-state index contributed by atoms with van der Waals surface area (Å²) in [5.41, 5.74) is -2.51. The van der Waals surface area contributed by atoms with Crippen LogP contribution in [-0.2, 0) is 14.3 Å². The molecule has 0 radical (unpaired) electrons. The fourth-order valence-corrected chi connectivity index (χ4v) is 3.67. The van der Waals surface area contributed by atoms with E-state index < -0.39 is 48.3 Å². The molecule has 160 valence electrons. The zero-order valence-corrected chi connectivity index (χ0v) is 20.3. The number of carbonyl (C=O) groups is 1. The minimum Gasteiger partial charge on any atom is -0.455 e. The highest BCUT2D eigenvalue weighted by Gasteiger charge is 2.56. The van der Waals surface area contributed by atoms with Gasteiger partial charge in [0.15, 0.2) is 18.1 Å². The topological polar surface area (TPSA) is 136 Å². The molecule has 1 saturated heterocycles. The van der Waals surface area contributed by atoms with Crippen molar-refractivity contribution < 1.29 is 24.5 Å². The van der Waals surface area contributed by atoms with Crippen LogP contribution < -0.4 is 5.69 Å². The first-order chi connectivity index (χ1) is 13.7. The Morgan fingerprint density at radius 3 is 2.69 bits per heavy atom. The zero-order chi connectivity index (χ0) is 21.8. The van der Waals surface area contributed by atoms with Gasteiger partial charge in [0, 0.05) is 6.20 Å². The van der Waals surface area contributed by atoms with Gasteiger partial charge in [0.25, 0.3) is 0 Å². The number of aliphatic hydroxyl groups excluding tert-OH is 1. The lowest BCUT2D eigenvalue weighted by Crippen LogP contribution is -2.49. The van der Waals surface area contributed by atoms with Crippen molar-refractivity contribution in [3.05, 3.63) is 22.7 Å². The number of hydrogen-bond donors (Lipinski definition) is 2. The molecular formula is C17H22I2N4O6. The smallest absolute Gasteiger partial charge is 0.351 e. The van der Waals surface area contributed by atoms with Crippen LogP contribution in [0.2, 0.25) is 0 Å². The Kier molecular flexibility index (Phi) is 8.69. The SMILES string of the molecule is CC(C)C(/N=C/I)C(=O)O[C@H]1[C@@H](CO)O[C@H](n2ccc(/N=C\I)nc2=O)C1(C)O. The van der Waals surface area contributed by atoms with E-state index in [1.807, 2.05) is 59.0 Å². The standard InChI is InChI=1S/C17H22I2N4O6/c1-9(2)12(21-8-19)14(25)29-13-10(6-24)28-15(17(13,3)27)23-5-4-11(20-7-18)22-16(23)26/h4-5,7-10,12-13,15,24,27H,6H2,1-3H3/b20-7-,21-8+/t10-,12?,13+,15+,17?/m1/s1. The molecule has 2 rings (SSSR count). The van der Waals surface area contributed by atoms with E-state index in [1.54, 1.807) is 0 Å². The van der Waals surface area contributed by atoms with Crippen LogP contribution in [0.1, 0.15) is 27.0 Å². The number of hydrogen-bond acceptors (Lipinski definition) is 9. The largest absolute Gasteiger partial charge is 0.455 e. The Hall–Kier alpha value is -0.970. The van der Waals surface area contributed by atoms with Crippen LogP contribution in [0.5, 0.6) is 0 Å². The van der Waals surface area contributed by atoms with Crippen LogP contribution in [-0.4, -0.2) is 64.6 Å². The van der Waals surface area contributed by atoms with Crippen LogP contribution in [0.4, 0.5) is 5.82 Å². The van der Waals surface area contributed by atoms with Crippen LogP contribution in [0.3, 0.4) is 0 Å². The van der Waals surface area contributed by atoms with E-state index in [-0.39, 0.29) is 11.7 Å². The van der Waals surface area contributed by atoms with E-state index in [2.05, 4.69) is 15.0 Å². The van der Waals surface area contributed by atoms with Gasteiger partial charge in [-0.1, -0.05) is 13.8 Å². The second kappa shape index (κ2) is 10.4. The van der Waals surface area contributed by atoms with E-state index in [1.165, 1.54) is 27.6 Å². The molecule has 5 atom stereocenters. The Morgan fingerprint density at radius 2 is 2.17 bits per heavy atom. The van der Waals surface area contributed by atoms with Gasteiger partial charge in [-0.3, -0.25) is 9.56 Å². The van der Waals surface area contributed by atoms with E-state index in [9.17, 15) is 19.8 Å². The molecule has 1 fully saturated rings. The molecular weight excluding hydrogens is 610 g/mol. The number of aliphatic imine (C=N–C) groups is 2. The van der Waals surface area contributed by atoms with Gasteiger partial charge >= 0.3 is 11.7 Å². The Labute approximate surface area is 194 Å². The average molecular weight is 632 g/mol. The zero-order valence-electron chi connectivity index (χ0n) is 16.0. The lowest BCUT2D eigenvalue weighted by molar-refractivity contribution is -0.166. The van der Waals surface area contributed by atoms with Crippen molar-refractivity contribution in [2.24, 2.45) is 15.9 Å². The maximum Gasteiger partial charge on any atom is 0.351 e. The molecule has 2 heterocycles. The third-order valence-corrected chi connectivity index (χ3v) is 5.08. The molecule has 0 aromatic carbocycles. The summed E-state index contributed by atoms with van der Waals surface area (Å²) < 4.78 is 15.2. The van der Waals surface area contributed by atoms with Gasteiger partial charge in [-0.2, -0.15) is 4.98 Å². The number of aromatic nitrogens is 2. The number of ether oxygens (including phenoxy) is 2. The summed E-state index contributed by atoms with van der Waals surface area (Å²) in [5, 5.41) is 20.8. The summed E-state index contributed by atoms with van der Waals surface area (Å²) in [7, 11) is 0. The molecule has 0 bridgehead atoms. The first-order valence-corrected chi connectivity index (χ1v) is 11.2. The van der Waals surface area contributed by atoms with Gasteiger partial charge in [-0.25, -0.2) is 14.6 Å². The molecule has 2 unspecified atom stereocenters. The highest BCUT2D eigenvalue weighted by atomic mass is 127. The van der Waals surface area contributed by atoms with Crippen LogP contribution >= 0.6 is 45.2 Å². The molecule has 12 heteroatoms. The van der Waals surface area contributed by atoms with Crippen molar-refractivity contribution in [3.8, 4) is 0 Å². The number of esters is 1. The molecule has 1 aromatic heterocycles. The molecule has 1 aromatic rings. The normalized spacial score (nSPS) is 28.5. The van der Waals surface area contributed by atoms with Gasteiger partial charge in [0.2, 0.25) is 0 Å². The molecule has 0 saturated carbocycles. The molecule has 1 aliphatic heterocycles. The van der Waals surface area contributed by atoms with Crippen molar-refractivity contribution in [1.82, 2.24) is 9.55 Å². The molecule has 1 aliphatic rings. The summed E-state index contributed by atoms with van der Waals surface area (Å²) >= 11 is 3.81. The monoisotopic (exact) mass is 632 g/mol. The molecule has 0 aliphatic carbocycles. The van der Waals surface area contributed by atoms with Crippen LogP contribution in [0, 0.1) is 5.92 Å². The maximum absolute atomic E-state index is 12.6. The lowest BCUT2D eigenvalue weighted by Gasteiger charge is -2.30. The fourth-order valence-electron chi connectivity index (χ4n) is 3.04. The average Bonchev–Trinajstić information content (AvgIpc) is 2.90. The summed E-state index contributed by atoms with van der Waals surface area (Å²) in [5.74, 6) is -0.587. The summed E-state index contributed by atoms with van der Waals surface area (Å²) in [6.07, 6.45) is -2.09. The van der Waals surface area contributed by atoms with Gasteiger partial charge in [-0.15, -0.1) is 0 Å². The lowest BCUT2D eigenvalue weighted by atomic mass is 9.95. The van der Waals surface area contributed by atoms with E-state index >= 15 is 0 Å². The summed E-state index contributed by atoms with van der Waals surface area (Å²) in [4.78, 5) is 36.8. The number of halogens is 2. The Bertz CT molecular complexity index is 841. The highest BCUT2D eigenvalue weighted by Crippen LogP contribution is 2.39. The van der Waals surface area contributed by atoms with Crippen molar-refractivity contribution in [1.29, 1.82) is 0 Å². The maximum atomic E-state index is 12.6. The highest BCUT2D eigenvalue weighted by molar-refractivity contribution is 14.1. The Balaban J connectivity index is 2.34. The van der Waals surface area contributed by atoms with Crippen molar-refractivity contribution >= 4 is 65.4 Å². The van der Waals surface area contributed by atoms with E-state index in [4.69, 9.17) is 9.47 Å². The minimum absolute atomic E-state index is 0.137. The molecule has 29 heavy (non-hydrogen) atoms. The predicted octanol–water partition coefficient (Wildman–Crippen LogP) is 1.38. The van der Waals surface area contributed by atoms with Gasteiger partial charge in [-0.05, 0) is 64.1 Å². The van der Waals surface area contributed by atoms with Gasteiger partial charge < -0.3 is 19.7 Å². The number of rotatable bonds is 7. The fraction of sp³-hybridized carbons (Fsp3) is 0.588. The summed E-state index contributed by atoms with van der Waals surface area (Å²) in [6.45, 7) is 4.49. The van der Waals surface area contributed by atoms with Crippen molar-refractivity contribution in [3.63, 3.8) is 0 Å². The predicted molar refractivity (Wildman–Crippen MR) is 123 cm³/mol. The second-order valence-electron chi connectivity index (χ2n) is 6.93. The minimum atomic E-state index is -1.81. The summed E-state index contributed by atoms with van der Waals surface area (Å²) in [6, 6.07) is 0.712. The third-order valence-electron chi connectivity index (χ3n) is 4.48. The van der Waals surface area contributed by atoms with Gasteiger partial charge in [0.05, 0.1) is 15.0 Å². The molecule has 2 N–H and O–H groups in total. The first kappa shape index (κ1) is 24.3.